The summed E-state index contributed by atoms with van der Waals surface area (Å²) in [4.78, 5) is 0. The van der Waals surface area contributed by atoms with Crippen LogP contribution in [-0.4, -0.2) is 11.2 Å². The topological polar surface area (TPSA) is 20.2 Å². The van der Waals surface area contributed by atoms with Crippen LogP contribution < -0.4 is 0 Å². The van der Waals surface area contributed by atoms with E-state index in [2.05, 4.69) is 0 Å². The maximum absolute atomic E-state index is 13.3. The summed E-state index contributed by atoms with van der Waals surface area (Å²) in [6.45, 7) is 3.15. The largest absolute Gasteiger partial charge is 0.393 e. The number of hydrogen-bond donors (Lipinski definition) is 1. The SMILES string of the molecule is Cc1ccc(CCC(C)O)c(F)c1F. The molecule has 1 atom stereocenters. The fourth-order valence-corrected chi connectivity index (χ4v) is 1.24. The van der Waals surface area contributed by atoms with Crippen molar-refractivity contribution < 1.29 is 13.9 Å². The first-order valence-corrected chi connectivity index (χ1v) is 4.64. The van der Waals surface area contributed by atoms with Crippen molar-refractivity contribution in [2.24, 2.45) is 0 Å². The highest BCUT2D eigenvalue weighted by Gasteiger charge is 2.10. The van der Waals surface area contributed by atoms with Crippen molar-refractivity contribution in [3.05, 3.63) is 34.9 Å². The van der Waals surface area contributed by atoms with E-state index in [1.807, 2.05) is 0 Å². The molecule has 1 aromatic carbocycles. The first-order chi connectivity index (χ1) is 6.52. The van der Waals surface area contributed by atoms with Crippen molar-refractivity contribution in [3.63, 3.8) is 0 Å². The third-order valence-electron chi connectivity index (χ3n) is 2.19. The normalized spacial score (nSPS) is 12.9. The Morgan fingerprint density at radius 2 is 1.93 bits per heavy atom. The van der Waals surface area contributed by atoms with Crippen molar-refractivity contribution in [2.45, 2.75) is 32.8 Å². The highest BCUT2D eigenvalue weighted by molar-refractivity contribution is 5.25. The molecule has 0 spiro atoms. The Balaban J connectivity index is 2.83. The first-order valence-electron chi connectivity index (χ1n) is 4.64. The molecule has 0 aromatic heterocycles. The second kappa shape index (κ2) is 4.51. The van der Waals surface area contributed by atoms with Gasteiger partial charge in [0.2, 0.25) is 0 Å². The molecule has 1 N–H and O–H groups in total. The van der Waals surface area contributed by atoms with E-state index in [-0.39, 0.29) is 0 Å². The Hall–Kier alpha value is -0.960. The smallest absolute Gasteiger partial charge is 0.162 e. The second-order valence-electron chi connectivity index (χ2n) is 3.56. The molecule has 0 aliphatic heterocycles. The molecule has 0 aliphatic carbocycles. The number of rotatable bonds is 3. The minimum absolute atomic E-state index is 0.309. The monoisotopic (exact) mass is 200 g/mol. The van der Waals surface area contributed by atoms with Crippen molar-refractivity contribution in [1.82, 2.24) is 0 Å². The molecular weight excluding hydrogens is 186 g/mol. The molecule has 14 heavy (non-hydrogen) atoms. The fraction of sp³-hybridized carbons (Fsp3) is 0.455. The molecule has 1 aromatic rings. The van der Waals surface area contributed by atoms with Crippen LogP contribution in [0, 0.1) is 18.6 Å². The third-order valence-corrected chi connectivity index (χ3v) is 2.19. The molecule has 0 saturated carbocycles. The lowest BCUT2D eigenvalue weighted by Gasteiger charge is -2.07. The van der Waals surface area contributed by atoms with Crippen molar-refractivity contribution >= 4 is 0 Å². The van der Waals surface area contributed by atoms with Gasteiger partial charge >= 0.3 is 0 Å². The van der Waals surface area contributed by atoms with Crippen LogP contribution in [0.15, 0.2) is 12.1 Å². The molecule has 0 fully saturated rings. The van der Waals surface area contributed by atoms with Gasteiger partial charge in [-0.15, -0.1) is 0 Å². The van der Waals surface area contributed by atoms with Crippen molar-refractivity contribution in [2.75, 3.05) is 0 Å². The summed E-state index contributed by atoms with van der Waals surface area (Å²) in [6.07, 6.45) is 0.318. The summed E-state index contributed by atoms with van der Waals surface area (Å²) >= 11 is 0. The van der Waals surface area contributed by atoms with Gasteiger partial charge in [0.25, 0.3) is 0 Å². The highest BCUT2D eigenvalue weighted by Crippen LogP contribution is 2.17. The Labute approximate surface area is 82.4 Å². The predicted molar refractivity (Wildman–Crippen MR) is 51.1 cm³/mol. The molecule has 0 radical (unpaired) electrons. The number of aliphatic hydroxyl groups is 1. The molecule has 1 unspecified atom stereocenters. The quantitative estimate of drug-likeness (QED) is 0.795. The summed E-state index contributed by atoms with van der Waals surface area (Å²) in [7, 11) is 0. The van der Waals surface area contributed by atoms with E-state index in [4.69, 9.17) is 5.11 Å². The zero-order valence-corrected chi connectivity index (χ0v) is 8.35. The van der Waals surface area contributed by atoms with Gasteiger partial charge in [-0.1, -0.05) is 12.1 Å². The van der Waals surface area contributed by atoms with Crippen LogP contribution in [0.4, 0.5) is 8.78 Å². The Morgan fingerprint density at radius 1 is 1.29 bits per heavy atom. The van der Waals surface area contributed by atoms with Gasteiger partial charge in [0.15, 0.2) is 11.6 Å². The standard InChI is InChI=1S/C11H14F2O/c1-7-3-5-9(6-4-8(2)14)11(13)10(7)12/h3,5,8,14H,4,6H2,1-2H3. The van der Waals surface area contributed by atoms with E-state index >= 15 is 0 Å². The van der Waals surface area contributed by atoms with Crippen LogP contribution in [0.1, 0.15) is 24.5 Å². The summed E-state index contributed by atoms with van der Waals surface area (Å²) in [5.74, 6) is -1.57. The number of benzene rings is 1. The van der Waals surface area contributed by atoms with E-state index in [1.54, 1.807) is 19.1 Å². The van der Waals surface area contributed by atoms with Gasteiger partial charge in [-0.25, -0.2) is 8.78 Å². The summed E-state index contributed by atoms with van der Waals surface area (Å²) < 4.78 is 26.3. The van der Waals surface area contributed by atoms with Gasteiger partial charge in [0, 0.05) is 0 Å². The minimum atomic E-state index is -0.786. The lowest BCUT2D eigenvalue weighted by atomic mass is 10.0. The van der Waals surface area contributed by atoms with E-state index < -0.39 is 17.7 Å². The van der Waals surface area contributed by atoms with Crippen molar-refractivity contribution in [3.8, 4) is 0 Å². The number of hydrogen-bond acceptors (Lipinski definition) is 1. The summed E-state index contributed by atoms with van der Waals surface area (Å²) in [5.41, 5.74) is 0.636. The number of aryl methyl sites for hydroxylation is 2. The van der Waals surface area contributed by atoms with Gasteiger partial charge in [-0.05, 0) is 37.8 Å². The van der Waals surface area contributed by atoms with Gasteiger partial charge in [0.05, 0.1) is 6.10 Å². The average molecular weight is 200 g/mol. The van der Waals surface area contributed by atoms with Gasteiger partial charge in [0.1, 0.15) is 0 Å². The van der Waals surface area contributed by atoms with E-state index in [0.717, 1.165) is 0 Å². The van der Waals surface area contributed by atoms with Crippen LogP contribution in [-0.2, 0) is 6.42 Å². The van der Waals surface area contributed by atoms with Gasteiger partial charge in [-0.2, -0.15) is 0 Å². The van der Waals surface area contributed by atoms with E-state index in [0.29, 0.717) is 24.0 Å². The molecule has 0 bridgehead atoms. The predicted octanol–water partition coefficient (Wildman–Crippen LogP) is 2.59. The zero-order valence-electron chi connectivity index (χ0n) is 8.35. The molecule has 0 aliphatic rings. The maximum atomic E-state index is 13.3. The lowest BCUT2D eigenvalue weighted by Crippen LogP contribution is -2.04. The zero-order chi connectivity index (χ0) is 10.7. The molecule has 0 heterocycles. The van der Waals surface area contributed by atoms with Crippen molar-refractivity contribution in [1.29, 1.82) is 0 Å². The molecule has 0 saturated heterocycles. The maximum Gasteiger partial charge on any atom is 0.162 e. The van der Waals surface area contributed by atoms with Gasteiger partial charge in [-0.3, -0.25) is 0 Å². The van der Waals surface area contributed by atoms with Crippen LogP contribution >= 0.6 is 0 Å². The van der Waals surface area contributed by atoms with E-state index in [1.165, 1.54) is 6.92 Å². The highest BCUT2D eigenvalue weighted by atomic mass is 19.2. The molecule has 1 nitrogen and oxygen atoms in total. The lowest BCUT2D eigenvalue weighted by molar-refractivity contribution is 0.184. The third kappa shape index (κ3) is 2.51. The van der Waals surface area contributed by atoms with Crippen LogP contribution in [0.5, 0.6) is 0 Å². The molecule has 1 rings (SSSR count). The van der Waals surface area contributed by atoms with E-state index in [9.17, 15) is 8.78 Å². The Bertz CT molecular complexity index is 321. The van der Waals surface area contributed by atoms with Gasteiger partial charge < -0.3 is 5.11 Å². The van der Waals surface area contributed by atoms with Crippen LogP contribution in [0.25, 0.3) is 0 Å². The average Bonchev–Trinajstić information content (AvgIpc) is 2.13. The van der Waals surface area contributed by atoms with Crippen LogP contribution in [0.3, 0.4) is 0 Å². The first kappa shape index (κ1) is 11.1. The second-order valence-corrected chi connectivity index (χ2v) is 3.56. The Kier molecular flexibility index (Phi) is 3.58. The minimum Gasteiger partial charge on any atom is -0.393 e. The number of halogens is 2. The molecule has 0 amide bonds. The summed E-state index contributed by atoms with van der Waals surface area (Å²) in [5, 5.41) is 9.01. The molecule has 78 valence electrons. The Morgan fingerprint density at radius 3 is 2.50 bits per heavy atom. The molecule has 3 heteroatoms. The summed E-state index contributed by atoms with van der Waals surface area (Å²) in [6, 6.07) is 3.12. The molecular formula is C11H14F2O. The van der Waals surface area contributed by atoms with Crippen LogP contribution in [0.2, 0.25) is 0 Å². The number of aliphatic hydroxyl groups excluding tert-OH is 1. The fourth-order valence-electron chi connectivity index (χ4n) is 1.24.